The fourth-order valence-corrected chi connectivity index (χ4v) is 1.68. The summed E-state index contributed by atoms with van der Waals surface area (Å²) in [6.45, 7) is 15.9. The molecule has 1 aromatic heterocycles. The second-order valence-corrected chi connectivity index (χ2v) is 6.37. The molecule has 1 heterocycles. The molecule has 0 fully saturated rings. The van der Waals surface area contributed by atoms with Gasteiger partial charge in [0.1, 0.15) is 18.2 Å². The van der Waals surface area contributed by atoms with Crippen LogP contribution in [0.5, 0.6) is 0 Å². The Labute approximate surface area is 128 Å². The SMILES string of the molecule is CCNc1cc(NCC(C)C(C)(C)C)nc(COCC)n1. The molecule has 21 heavy (non-hydrogen) atoms. The van der Waals surface area contributed by atoms with Crippen molar-refractivity contribution in [3.8, 4) is 0 Å². The van der Waals surface area contributed by atoms with Gasteiger partial charge in [-0.15, -0.1) is 0 Å². The fourth-order valence-electron chi connectivity index (χ4n) is 1.68. The predicted octanol–water partition coefficient (Wildman–Crippen LogP) is 3.54. The largest absolute Gasteiger partial charge is 0.374 e. The fraction of sp³-hybridized carbons (Fsp3) is 0.750. The van der Waals surface area contributed by atoms with E-state index < -0.39 is 0 Å². The second kappa shape index (κ2) is 8.17. The number of nitrogens with zero attached hydrogens (tertiary/aromatic N) is 2. The number of aromatic nitrogens is 2. The average molecular weight is 294 g/mol. The molecule has 1 rings (SSSR count). The van der Waals surface area contributed by atoms with Gasteiger partial charge in [-0.25, -0.2) is 9.97 Å². The Morgan fingerprint density at radius 1 is 1.14 bits per heavy atom. The van der Waals surface area contributed by atoms with E-state index >= 15 is 0 Å². The molecule has 0 spiro atoms. The standard InChI is InChI=1S/C16H30N4O/c1-7-17-13-9-14(18-10-12(3)16(4,5)6)20-15(19-13)11-21-8-2/h9,12H,7-8,10-11H2,1-6H3,(H2,17,18,19,20). The van der Waals surface area contributed by atoms with Gasteiger partial charge in [0.15, 0.2) is 5.82 Å². The molecule has 120 valence electrons. The van der Waals surface area contributed by atoms with E-state index in [0.29, 0.717) is 25.0 Å². The van der Waals surface area contributed by atoms with Crippen LogP contribution in [-0.4, -0.2) is 29.7 Å². The molecule has 0 radical (unpaired) electrons. The summed E-state index contributed by atoms with van der Waals surface area (Å²) in [4.78, 5) is 8.97. The first-order valence-electron chi connectivity index (χ1n) is 7.80. The first-order chi connectivity index (χ1) is 9.86. The summed E-state index contributed by atoms with van der Waals surface area (Å²) in [5.41, 5.74) is 0.276. The highest BCUT2D eigenvalue weighted by molar-refractivity contribution is 5.47. The summed E-state index contributed by atoms with van der Waals surface area (Å²) < 4.78 is 5.41. The highest BCUT2D eigenvalue weighted by atomic mass is 16.5. The maximum atomic E-state index is 5.41. The van der Waals surface area contributed by atoms with Crippen LogP contribution in [0, 0.1) is 11.3 Å². The quantitative estimate of drug-likeness (QED) is 0.768. The molecule has 1 aromatic rings. The summed E-state index contributed by atoms with van der Waals surface area (Å²) in [6.07, 6.45) is 0. The van der Waals surface area contributed by atoms with Gasteiger partial charge in [0.05, 0.1) is 0 Å². The number of hydrogen-bond acceptors (Lipinski definition) is 5. The summed E-state index contributed by atoms with van der Waals surface area (Å²) in [5.74, 6) is 2.95. The van der Waals surface area contributed by atoms with Crippen LogP contribution in [-0.2, 0) is 11.3 Å². The molecular formula is C16H30N4O. The number of ether oxygens (including phenoxy) is 1. The van der Waals surface area contributed by atoms with Crippen LogP contribution >= 0.6 is 0 Å². The monoisotopic (exact) mass is 294 g/mol. The Hall–Kier alpha value is -1.36. The van der Waals surface area contributed by atoms with Gasteiger partial charge < -0.3 is 15.4 Å². The molecule has 2 N–H and O–H groups in total. The predicted molar refractivity (Wildman–Crippen MR) is 88.6 cm³/mol. The van der Waals surface area contributed by atoms with Crippen molar-refractivity contribution in [1.82, 2.24) is 9.97 Å². The van der Waals surface area contributed by atoms with Crippen LogP contribution in [0.15, 0.2) is 6.07 Å². The third kappa shape index (κ3) is 6.29. The van der Waals surface area contributed by atoms with Gasteiger partial charge in [0.2, 0.25) is 0 Å². The van der Waals surface area contributed by atoms with Crippen LogP contribution in [0.1, 0.15) is 47.4 Å². The molecule has 5 nitrogen and oxygen atoms in total. The summed E-state index contributed by atoms with van der Waals surface area (Å²) in [7, 11) is 0. The normalized spacial score (nSPS) is 13.0. The molecule has 0 saturated heterocycles. The summed E-state index contributed by atoms with van der Waals surface area (Å²) >= 11 is 0. The third-order valence-corrected chi connectivity index (χ3v) is 3.63. The van der Waals surface area contributed by atoms with Crippen molar-refractivity contribution in [2.24, 2.45) is 11.3 Å². The van der Waals surface area contributed by atoms with Gasteiger partial charge in [-0.3, -0.25) is 0 Å². The van der Waals surface area contributed by atoms with E-state index in [-0.39, 0.29) is 5.41 Å². The smallest absolute Gasteiger partial charge is 0.158 e. The van der Waals surface area contributed by atoms with Crippen LogP contribution in [0.25, 0.3) is 0 Å². The topological polar surface area (TPSA) is 59.1 Å². The first-order valence-corrected chi connectivity index (χ1v) is 7.80. The molecule has 1 atom stereocenters. The third-order valence-electron chi connectivity index (χ3n) is 3.63. The number of hydrogen-bond donors (Lipinski definition) is 2. The van der Waals surface area contributed by atoms with E-state index in [2.05, 4.69) is 55.2 Å². The van der Waals surface area contributed by atoms with Crippen LogP contribution in [0.4, 0.5) is 11.6 Å². The van der Waals surface area contributed by atoms with Crippen LogP contribution < -0.4 is 10.6 Å². The highest BCUT2D eigenvalue weighted by Gasteiger charge is 2.19. The van der Waals surface area contributed by atoms with Gasteiger partial charge in [0, 0.05) is 25.8 Å². The van der Waals surface area contributed by atoms with Crippen molar-refractivity contribution in [3.63, 3.8) is 0 Å². The van der Waals surface area contributed by atoms with Crippen molar-refractivity contribution < 1.29 is 4.74 Å². The molecule has 0 aliphatic rings. The highest BCUT2D eigenvalue weighted by Crippen LogP contribution is 2.25. The molecular weight excluding hydrogens is 264 g/mol. The summed E-state index contributed by atoms with van der Waals surface area (Å²) in [6, 6.07) is 1.95. The lowest BCUT2D eigenvalue weighted by molar-refractivity contribution is 0.128. The molecule has 0 amide bonds. The molecule has 0 saturated carbocycles. The van der Waals surface area contributed by atoms with Gasteiger partial charge in [-0.1, -0.05) is 27.7 Å². The molecule has 0 aromatic carbocycles. The van der Waals surface area contributed by atoms with Crippen LogP contribution in [0.2, 0.25) is 0 Å². The van der Waals surface area contributed by atoms with E-state index in [0.717, 1.165) is 24.7 Å². The molecule has 0 bridgehead atoms. The Bertz CT molecular complexity index is 429. The minimum atomic E-state index is 0.276. The maximum Gasteiger partial charge on any atom is 0.158 e. The van der Waals surface area contributed by atoms with Crippen molar-refractivity contribution in [1.29, 1.82) is 0 Å². The maximum absolute atomic E-state index is 5.41. The van der Waals surface area contributed by atoms with E-state index in [4.69, 9.17) is 4.74 Å². The Balaban J connectivity index is 2.77. The Kier molecular flexibility index (Phi) is 6.89. The lowest BCUT2D eigenvalue weighted by Gasteiger charge is -2.27. The zero-order chi connectivity index (χ0) is 15.9. The second-order valence-electron chi connectivity index (χ2n) is 6.37. The number of anilines is 2. The van der Waals surface area contributed by atoms with Gasteiger partial charge in [-0.05, 0) is 25.2 Å². The van der Waals surface area contributed by atoms with Crippen molar-refractivity contribution in [2.45, 2.75) is 48.1 Å². The molecule has 1 unspecified atom stereocenters. The van der Waals surface area contributed by atoms with Gasteiger partial charge >= 0.3 is 0 Å². The zero-order valence-electron chi connectivity index (χ0n) is 14.3. The van der Waals surface area contributed by atoms with Crippen molar-refractivity contribution in [2.75, 3.05) is 30.3 Å². The lowest BCUT2D eigenvalue weighted by Crippen LogP contribution is -2.25. The summed E-state index contributed by atoms with van der Waals surface area (Å²) in [5, 5.41) is 6.66. The van der Waals surface area contributed by atoms with Gasteiger partial charge in [-0.2, -0.15) is 0 Å². The Morgan fingerprint density at radius 2 is 1.76 bits per heavy atom. The zero-order valence-corrected chi connectivity index (χ0v) is 14.3. The average Bonchev–Trinajstić information content (AvgIpc) is 2.41. The van der Waals surface area contributed by atoms with Crippen LogP contribution in [0.3, 0.4) is 0 Å². The lowest BCUT2D eigenvalue weighted by atomic mass is 9.82. The van der Waals surface area contributed by atoms with E-state index in [1.807, 2.05) is 13.0 Å². The van der Waals surface area contributed by atoms with Crippen molar-refractivity contribution >= 4 is 11.6 Å². The number of nitrogens with one attached hydrogen (secondary N) is 2. The number of rotatable bonds is 8. The molecule has 5 heteroatoms. The van der Waals surface area contributed by atoms with E-state index in [1.54, 1.807) is 0 Å². The molecule has 0 aliphatic heterocycles. The van der Waals surface area contributed by atoms with E-state index in [1.165, 1.54) is 0 Å². The van der Waals surface area contributed by atoms with Gasteiger partial charge in [0.25, 0.3) is 0 Å². The molecule has 0 aliphatic carbocycles. The van der Waals surface area contributed by atoms with E-state index in [9.17, 15) is 0 Å². The minimum absolute atomic E-state index is 0.276. The minimum Gasteiger partial charge on any atom is -0.374 e. The van der Waals surface area contributed by atoms with Crippen molar-refractivity contribution in [3.05, 3.63) is 11.9 Å². The first kappa shape index (κ1) is 17.7. The Morgan fingerprint density at radius 3 is 2.29 bits per heavy atom.